The van der Waals surface area contributed by atoms with Crippen LogP contribution in [-0.4, -0.2) is 38.8 Å². The molecule has 0 aromatic carbocycles. The number of nitrogens with one attached hydrogen (secondary N) is 2. The third-order valence-electron chi connectivity index (χ3n) is 3.15. The predicted molar refractivity (Wildman–Crippen MR) is 69.0 cm³/mol. The molecule has 0 atom stereocenters. The van der Waals surface area contributed by atoms with E-state index in [9.17, 15) is 4.79 Å². The molecule has 1 aliphatic rings. The molecule has 0 radical (unpaired) electrons. The van der Waals surface area contributed by atoms with Gasteiger partial charge in [-0.2, -0.15) is 0 Å². The summed E-state index contributed by atoms with van der Waals surface area (Å²) in [6.45, 7) is 2.25. The largest absolute Gasteiger partial charge is 0.378 e. The molecule has 0 spiro atoms. The lowest BCUT2D eigenvalue weighted by Gasteiger charge is -2.21. The molecule has 0 aromatic rings. The molecule has 1 aliphatic carbocycles. The van der Waals surface area contributed by atoms with Crippen molar-refractivity contribution in [3.63, 3.8) is 0 Å². The molecule has 0 bridgehead atoms. The molecule has 0 heterocycles. The van der Waals surface area contributed by atoms with E-state index in [-0.39, 0.29) is 5.91 Å². The normalized spacial score (nSPS) is 17.0. The summed E-state index contributed by atoms with van der Waals surface area (Å²) in [7, 11) is 1.85. The van der Waals surface area contributed by atoms with Crippen LogP contribution in [0.25, 0.3) is 0 Å². The summed E-state index contributed by atoms with van der Waals surface area (Å²) in [6, 6.07) is 0. The number of rotatable bonds is 8. The molecule has 4 nitrogen and oxygen atoms in total. The van der Waals surface area contributed by atoms with Gasteiger partial charge in [0.05, 0.1) is 6.10 Å². The standard InChI is InChI=1S/C13H26N2O2/c1-14-10-8-13(16)15-9-5-11-17-12-6-3-2-4-7-12/h12,14H,2-11H2,1H3,(H,15,16). The van der Waals surface area contributed by atoms with Crippen LogP contribution in [-0.2, 0) is 9.53 Å². The molecule has 1 rings (SSSR count). The van der Waals surface area contributed by atoms with Gasteiger partial charge in [-0.1, -0.05) is 19.3 Å². The van der Waals surface area contributed by atoms with Crippen molar-refractivity contribution >= 4 is 5.91 Å². The number of ether oxygens (including phenoxy) is 1. The third-order valence-corrected chi connectivity index (χ3v) is 3.15. The van der Waals surface area contributed by atoms with E-state index in [4.69, 9.17) is 4.74 Å². The maximum absolute atomic E-state index is 11.3. The summed E-state index contributed by atoms with van der Waals surface area (Å²) >= 11 is 0. The van der Waals surface area contributed by atoms with E-state index >= 15 is 0 Å². The van der Waals surface area contributed by atoms with Crippen LogP contribution in [0, 0.1) is 0 Å². The van der Waals surface area contributed by atoms with Gasteiger partial charge in [0.25, 0.3) is 0 Å². The summed E-state index contributed by atoms with van der Waals surface area (Å²) in [5.41, 5.74) is 0. The molecule has 1 saturated carbocycles. The third kappa shape index (κ3) is 7.34. The highest BCUT2D eigenvalue weighted by molar-refractivity contribution is 5.75. The molecular weight excluding hydrogens is 216 g/mol. The lowest BCUT2D eigenvalue weighted by atomic mass is 9.98. The number of carbonyl (C=O) groups is 1. The second kappa shape index (κ2) is 9.42. The van der Waals surface area contributed by atoms with Crippen LogP contribution in [0.4, 0.5) is 0 Å². The van der Waals surface area contributed by atoms with Gasteiger partial charge in [0.1, 0.15) is 0 Å². The van der Waals surface area contributed by atoms with Crippen LogP contribution in [0.3, 0.4) is 0 Å². The molecule has 0 aliphatic heterocycles. The van der Waals surface area contributed by atoms with Gasteiger partial charge in [0, 0.05) is 26.1 Å². The molecule has 1 fully saturated rings. The number of hydrogen-bond donors (Lipinski definition) is 2. The van der Waals surface area contributed by atoms with Crippen LogP contribution in [0.5, 0.6) is 0 Å². The van der Waals surface area contributed by atoms with E-state index < -0.39 is 0 Å². The number of hydrogen-bond acceptors (Lipinski definition) is 3. The molecule has 0 aromatic heterocycles. The fourth-order valence-corrected chi connectivity index (χ4v) is 2.11. The van der Waals surface area contributed by atoms with E-state index in [1.165, 1.54) is 32.1 Å². The molecule has 17 heavy (non-hydrogen) atoms. The lowest BCUT2D eigenvalue weighted by molar-refractivity contribution is -0.121. The van der Waals surface area contributed by atoms with Gasteiger partial charge in [-0.15, -0.1) is 0 Å². The summed E-state index contributed by atoms with van der Waals surface area (Å²) in [4.78, 5) is 11.3. The average Bonchev–Trinajstić information content (AvgIpc) is 2.37. The second-order valence-corrected chi connectivity index (χ2v) is 4.69. The SMILES string of the molecule is CNCCC(=O)NCCCOC1CCCCC1. The minimum Gasteiger partial charge on any atom is -0.378 e. The fraction of sp³-hybridized carbons (Fsp3) is 0.923. The zero-order chi connectivity index (χ0) is 12.3. The van der Waals surface area contributed by atoms with Gasteiger partial charge in [-0.25, -0.2) is 0 Å². The van der Waals surface area contributed by atoms with Crippen LogP contribution in [0.15, 0.2) is 0 Å². The minimum absolute atomic E-state index is 0.122. The quantitative estimate of drug-likeness (QED) is 0.633. The average molecular weight is 242 g/mol. The summed E-state index contributed by atoms with van der Waals surface area (Å²) in [5, 5.41) is 5.85. The van der Waals surface area contributed by atoms with E-state index in [1.807, 2.05) is 7.05 Å². The highest BCUT2D eigenvalue weighted by Crippen LogP contribution is 2.20. The van der Waals surface area contributed by atoms with Gasteiger partial charge < -0.3 is 15.4 Å². The topological polar surface area (TPSA) is 50.4 Å². The van der Waals surface area contributed by atoms with Gasteiger partial charge in [-0.3, -0.25) is 4.79 Å². The van der Waals surface area contributed by atoms with Crippen molar-refractivity contribution in [1.29, 1.82) is 0 Å². The Morgan fingerprint density at radius 3 is 2.71 bits per heavy atom. The van der Waals surface area contributed by atoms with Crippen LogP contribution < -0.4 is 10.6 Å². The maximum atomic E-state index is 11.3. The summed E-state index contributed by atoms with van der Waals surface area (Å²) in [6.07, 6.45) is 8.37. The Kier molecular flexibility index (Phi) is 8.01. The van der Waals surface area contributed by atoms with Crippen LogP contribution in [0.1, 0.15) is 44.9 Å². The smallest absolute Gasteiger partial charge is 0.221 e. The Morgan fingerprint density at radius 1 is 1.24 bits per heavy atom. The minimum atomic E-state index is 0.122. The highest BCUT2D eigenvalue weighted by Gasteiger charge is 2.12. The molecule has 4 heteroatoms. The maximum Gasteiger partial charge on any atom is 0.221 e. The lowest BCUT2D eigenvalue weighted by Crippen LogP contribution is -2.28. The van der Waals surface area contributed by atoms with Gasteiger partial charge in [0.2, 0.25) is 5.91 Å². The molecule has 1 amide bonds. The molecular formula is C13H26N2O2. The summed E-state index contributed by atoms with van der Waals surface area (Å²) < 4.78 is 5.78. The van der Waals surface area contributed by atoms with Crippen molar-refractivity contribution in [3.8, 4) is 0 Å². The second-order valence-electron chi connectivity index (χ2n) is 4.69. The van der Waals surface area contributed by atoms with Crippen LogP contribution >= 0.6 is 0 Å². The first-order valence-electron chi connectivity index (χ1n) is 6.86. The monoisotopic (exact) mass is 242 g/mol. The van der Waals surface area contributed by atoms with Crippen LogP contribution in [0.2, 0.25) is 0 Å². The van der Waals surface area contributed by atoms with Gasteiger partial charge >= 0.3 is 0 Å². The first-order chi connectivity index (χ1) is 8.33. The Labute approximate surface area is 104 Å². The van der Waals surface area contributed by atoms with E-state index in [0.717, 1.165) is 26.1 Å². The van der Waals surface area contributed by atoms with E-state index in [0.29, 0.717) is 12.5 Å². The number of amides is 1. The van der Waals surface area contributed by atoms with Crippen molar-refractivity contribution in [2.45, 2.75) is 51.0 Å². The Bertz CT molecular complexity index is 204. The number of carbonyl (C=O) groups excluding carboxylic acids is 1. The van der Waals surface area contributed by atoms with E-state index in [1.54, 1.807) is 0 Å². The Morgan fingerprint density at radius 2 is 2.00 bits per heavy atom. The first-order valence-corrected chi connectivity index (χ1v) is 6.86. The summed E-state index contributed by atoms with van der Waals surface area (Å²) in [5.74, 6) is 0.122. The molecule has 0 unspecified atom stereocenters. The Hall–Kier alpha value is -0.610. The van der Waals surface area contributed by atoms with Gasteiger partial charge in [-0.05, 0) is 26.3 Å². The first kappa shape index (κ1) is 14.5. The van der Waals surface area contributed by atoms with Crippen molar-refractivity contribution in [2.75, 3.05) is 26.7 Å². The fourth-order valence-electron chi connectivity index (χ4n) is 2.11. The zero-order valence-electron chi connectivity index (χ0n) is 11.0. The van der Waals surface area contributed by atoms with Crippen molar-refractivity contribution in [1.82, 2.24) is 10.6 Å². The van der Waals surface area contributed by atoms with Crippen molar-refractivity contribution < 1.29 is 9.53 Å². The van der Waals surface area contributed by atoms with Crippen molar-refractivity contribution in [2.24, 2.45) is 0 Å². The molecule has 2 N–H and O–H groups in total. The highest BCUT2D eigenvalue weighted by atomic mass is 16.5. The van der Waals surface area contributed by atoms with E-state index in [2.05, 4.69) is 10.6 Å². The zero-order valence-corrected chi connectivity index (χ0v) is 11.0. The molecule has 100 valence electrons. The Balaban J connectivity index is 1.88. The van der Waals surface area contributed by atoms with Crippen molar-refractivity contribution in [3.05, 3.63) is 0 Å². The predicted octanol–water partition coefficient (Wildman–Crippen LogP) is 1.45. The molecule has 0 saturated heterocycles. The van der Waals surface area contributed by atoms with Gasteiger partial charge in [0.15, 0.2) is 0 Å².